The molecular weight excluding hydrogens is 356 g/mol. The minimum Gasteiger partial charge on any atom is -0.493 e. The minimum atomic E-state index is -0.0961. The number of ether oxygens (including phenoxy) is 3. The molecule has 3 rings (SSSR count). The molecule has 1 aromatic carbocycles. The van der Waals surface area contributed by atoms with Gasteiger partial charge in [-0.3, -0.25) is 9.69 Å². The van der Waals surface area contributed by atoms with E-state index in [1.807, 2.05) is 0 Å². The van der Waals surface area contributed by atoms with Crippen LogP contribution in [0.4, 0.5) is 0 Å². The molecule has 156 valence electrons. The van der Waals surface area contributed by atoms with Gasteiger partial charge in [0.05, 0.1) is 21.3 Å². The average molecular weight is 391 g/mol. The monoisotopic (exact) mass is 390 g/mol. The largest absolute Gasteiger partial charge is 0.493 e. The van der Waals surface area contributed by atoms with Crippen LogP contribution in [0, 0.1) is 0 Å². The summed E-state index contributed by atoms with van der Waals surface area (Å²) in [6, 6.07) is 3.43. The molecule has 1 saturated carbocycles. The van der Waals surface area contributed by atoms with Crippen molar-refractivity contribution < 1.29 is 19.0 Å². The van der Waals surface area contributed by atoms with Gasteiger partial charge in [-0.1, -0.05) is 25.7 Å². The lowest BCUT2D eigenvalue weighted by atomic mass is 9.79. The maximum absolute atomic E-state index is 13.0. The molecule has 1 saturated heterocycles. The molecule has 0 unspecified atom stereocenters. The van der Waals surface area contributed by atoms with Crippen LogP contribution in [0.3, 0.4) is 0 Å². The second-order valence-electron chi connectivity index (χ2n) is 7.93. The third kappa shape index (κ3) is 4.37. The van der Waals surface area contributed by atoms with Crippen molar-refractivity contribution in [3.63, 3.8) is 0 Å². The van der Waals surface area contributed by atoms with Gasteiger partial charge in [0, 0.05) is 17.6 Å². The van der Waals surface area contributed by atoms with Crippen molar-refractivity contribution >= 4 is 5.91 Å². The first-order valence-electron chi connectivity index (χ1n) is 10.5. The van der Waals surface area contributed by atoms with Crippen molar-refractivity contribution in [3.05, 3.63) is 17.7 Å². The topological polar surface area (TPSA) is 60.0 Å². The highest BCUT2D eigenvalue weighted by atomic mass is 16.5. The zero-order chi connectivity index (χ0) is 20.0. The number of nitrogens with zero attached hydrogens (tertiary/aromatic N) is 1. The molecule has 1 aromatic rings. The van der Waals surface area contributed by atoms with Gasteiger partial charge in [0.2, 0.25) is 5.75 Å². The standard InChI is InChI=1S/C22H34N2O4/c1-26-18-14-17(15-19(27-2)20(18)28-3)21(25)23-16-22(10-6-4-7-11-22)24-12-8-5-9-13-24/h14-15H,4-13,16H2,1-3H3,(H,23,25). The number of piperidine rings is 1. The third-order valence-electron chi connectivity index (χ3n) is 6.32. The molecule has 1 aliphatic carbocycles. The first-order chi connectivity index (χ1) is 13.6. The van der Waals surface area contributed by atoms with Crippen LogP contribution in [0.15, 0.2) is 12.1 Å². The molecule has 6 nitrogen and oxygen atoms in total. The molecule has 28 heavy (non-hydrogen) atoms. The number of hydrogen-bond acceptors (Lipinski definition) is 5. The van der Waals surface area contributed by atoms with Gasteiger partial charge in [-0.05, 0) is 50.9 Å². The van der Waals surface area contributed by atoms with Crippen LogP contribution in [-0.4, -0.2) is 57.3 Å². The van der Waals surface area contributed by atoms with Crippen LogP contribution in [0.5, 0.6) is 17.2 Å². The molecule has 1 heterocycles. The van der Waals surface area contributed by atoms with E-state index in [9.17, 15) is 4.79 Å². The highest BCUT2D eigenvalue weighted by molar-refractivity contribution is 5.95. The van der Waals surface area contributed by atoms with Crippen LogP contribution >= 0.6 is 0 Å². The molecule has 6 heteroatoms. The van der Waals surface area contributed by atoms with Crippen molar-refractivity contribution in [1.29, 1.82) is 0 Å². The first kappa shape index (κ1) is 20.8. The van der Waals surface area contributed by atoms with Crippen LogP contribution < -0.4 is 19.5 Å². The molecule has 1 N–H and O–H groups in total. The molecule has 0 spiro atoms. The first-order valence-corrected chi connectivity index (χ1v) is 10.5. The zero-order valence-electron chi connectivity index (χ0n) is 17.5. The van der Waals surface area contributed by atoms with Crippen molar-refractivity contribution in [3.8, 4) is 17.2 Å². The number of benzene rings is 1. The fourth-order valence-corrected chi connectivity index (χ4v) is 4.74. The predicted molar refractivity (Wildman–Crippen MR) is 110 cm³/mol. The predicted octanol–water partition coefficient (Wildman–Crippen LogP) is 3.63. The summed E-state index contributed by atoms with van der Waals surface area (Å²) in [5, 5.41) is 3.21. The smallest absolute Gasteiger partial charge is 0.251 e. The van der Waals surface area contributed by atoms with Gasteiger partial charge in [0.15, 0.2) is 11.5 Å². The Labute approximate surface area is 168 Å². The van der Waals surface area contributed by atoms with Crippen molar-refractivity contribution in [2.45, 2.75) is 56.9 Å². The summed E-state index contributed by atoms with van der Waals surface area (Å²) in [6.07, 6.45) is 9.99. The molecule has 0 radical (unpaired) electrons. The Morgan fingerprint density at radius 2 is 1.50 bits per heavy atom. The van der Waals surface area contributed by atoms with E-state index in [0.29, 0.717) is 29.4 Å². The summed E-state index contributed by atoms with van der Waals surface area (Å²) in [7, 11) is 4.68. The Hall–Kier alpha value is -1.95. The Kier molecular flexibility index (Phi) is 7.05. The summed E-state index contributed by atoms with van der Waals surface area (Å²) in [6.45, 7) is 3.00. The number of rotatable bonds is 7. The van der Waals surface area contributed by atoms with Gasteiger partial charge in [0.1, 0.15) is 0 Å². The fourth-order valence-electron chi connectivity index (χ4n) is 4.74. The molecule has 1 aliphatic heterocycles. The van der Waals surface area contributed by atoms with Gasteiger partial charge < -0.3 is 19.5 Å². The van der Waals surface area contributed by atoms with E-state index in [0.717, 1.165) is 13.1 Å². The van der Waals surface area contributed by atoms with Crippen LogP contribution in [0.25, 0.3) is 0 Å². The van der Waals surface area contributed by atoms with Crippen LogP contribution in [-0.2, 0) is 0 Å². The van der Waals surface area contributed by atoms with Crippen LogP contribution in [0.1, 0.15) is 61.7 Å². The number of amides is 1. The molecule has 0 aromatic heterocycles. The van der Waals surface area contributed by atoms with Gasteiger partial charge in [-0.25, -0.2) is 0 Å². The summed E-state index contributed by atoms with van der Waals surface area (Å²) >= 11 is 0. The average Bonchev–Trinajstić information content (AvgIpc) is 2.77. The van der Waals surface area contributed by atoms with E-state index in [2.05, 4.69) is 10.2 Å². The maximum Gasteiger partial charge on any atom is 0.251 e. The lowest BCUT2D eigenvalue weighted by molar-refractivity contribution is 0.0326. The van der Waals surface area contributed by atoms with E-state index >= 15 is 0 Å². The molecule has 0 atom stereocenters. The molecule has 1 amide bonds. The van der Waals surface area contributed by atoms with Crippen molar-refractivity contribution in [2.75, 3.05) is 41.0 Å². The molecule has 2 aliphatic rings. The van der Waals surface area contributed by atoms with Gasteiger partial charge in [-0.15, -0.1) is 0 Å². The van der Waals surface area contributed by atoms with Gasteiger partial charge >= 0.3 is 0 Å². The number of hydrogen-bond donors (Lipinski definition) is 1. The van der Waals surface area contributed by atoms with E-state index < -0.39 is 0 Å². The van der Waals surface area contributed by atoms with Crippen LogP contribution in [0.2, 0.25) is 0 Å². The maximum atomic E-state index is 13.0. The summed E-state index contributed by atoms with van der Waals surface area (Å²) in [4.78, 5) is 15.6. The van der Waals surface area contributed by atoms with E-state index in [-0.39, 0.29) is 11.4 Å². The Bertz CT molecular complexity index is 639. The minimum absolute atomic E-state index is 0.0961. The highest BCUT2D eigenvalue weighted by Gasteiger charge is 2.38. The number of carbonyl (C=O) groups is 1. The molecule has 2 fully saturated rings. The van der Waals surface area contributed by atoms with Crippen molar-refractivity contribution in [2.24, 2.45) is 0 Å². The Morgan fingerprint density at radius 3 is 2.04 bits per heavy atom. The number of carbonyl (C=O) groups excluding carboxylic acids is 1. The van der Waals surface area contributed by atoms with E-state index in [1.54, 1.807) is 33.5 Å². The summed E-state index contributed by atoms with van der Waals surface area (Å²) < 4.78 is 16.1. The SMILES string of the molecule is COc1cc(C(=O)NCC2(N3CCCCC3)CCCCC2)cc(OC)c1OC. The van der Waals surface area contributed by atoms with E-state index in [4.69, 9.17) is 14.2 Å². The van der Waals surface area contributed by atoms with Crippen molar-refractivity contribution in [1.82, 2.24) is 10.2 Å². The quantitative estimate of drug-likeness (QED) is 0.770. The van der Waals surface area contributed by atoms with Gasteiger partial charge in [0.25, 0.3) is 5.91 Å². The number of likely N-dealkylation sites (tertiary alicyclic amines) is 1. The zero-order valence-corrected chi connectivity index (χ0v) is 17.5. The molecule has 0 bridgehead atoms. The normalized spacial score (nSPS) is 19.7. The molecular formula is C22H34N2O4. The lowest BCUT2D eigenvalue weighted by Crippen LogP contribution is -2.58. The summed E-state index contributed by atoms with van der Waals surface area (Å²) in [5.41, 5.74) is 0.633. The lowest BCUT2D eigenvalue weighted by Gasteiger charge is -2.48. The second-order valence-corrected chi connectivity index (χ2v) is 7.93. The highest BCUT2D eigenvalue weighted by Crippen LogP contribution is 2.38. The van der Waals surface area contributed by atoms with E-state index in [1.165, 1.54) is 51.4 Å². The Morgan fingerprint density at radius 1 is 0.929 bits per heavy atom. The fraction of sp³-hybridized carbons (Fsp3) is 0.682. The number of nitrogens with one attached hydrogen (secondary N) is 1. The third-order valence-corrected chi connectivity index (χ3v) is 6.32. The van der Waals surface area contributed by atoms with Gasteiger partial charge in [-0.2, -0.15) is 0 Å². The Balaban J connectivity index is 1.75. The number of methoxy groups -OCH3 is 3. The second kappa shape index (κ2) is 9.50. The summed E-state index contributed by atoms with van der Waals surface area (Å²) in [5.74, 6) is 1.39.